The van der Waals surface area contributed by atoms with Crippen LogP contribution in [0.2, 0.25) is 0 Å². The summed E-state index contributed by atoms with van der Waals surface area (Å²) in [5.74, 6) is -3.43. The van der Waals surface area contributed by atoms with Crippen LogP contribution in [-0.4, -0.2) is 98.6 Å². The predicted molar refractivity (Wildman–Crippen MR) is 123 cm³/mol. The smallest absolute Gasteiger partial charge is 0.508 e. The van der Waals surface area contributed by atoms with Crippen LogP contribution >= 0.6 is 0 Å². The van der Waals surface area contributed by atoms with Crippen molar-refractivity contribution in [3.8, 4) is 5.75 Å². The number of benzene rings is 1. The molecule has 2 rings (SSSR count). The van der Waals surface area contributed by atoms with Crippen molar-refractivity contribution in [2.75, 3.05) is 6.61 Å². The van der Waals surface area contributed by atoms with Gasteiger partial charge in [0.15, 0.2) is 18.5 Å². The van der Waals surface area contributed by atoms with Crippen molar-refractivity contribution in [3.63, 3.8) is 0 Å². The molecule has 1 heterocycles. The number of esters is 1. The first-order chi connectivity index (χ1) is 18.0. The Hall–Kier alpha value is -3.56. The number of carbonyl (C=O) groups excluding carboxylic acids is 3. The summed E-state index contributed by atoms with van der Waals surface area (Å²) >= 11 is 0. The van der Waals surface area contributed by atoms with E-state index in [9.17, 15) is 44.7 Å². The van der Waals surface area contributed by atoms with Crippen LogP contribution in [0.3, 0.4) is 0 Å². The van der Waals surface area contributed by atoms with Crippen LogP contribution in [0.4, 0.5) is 4.79 Å². The fraction of sp³-hybridized carbons (Fsp3) is 0.500. The van der Waals surface area contributed by atoms with Crippen molar-refractivity contribution < 1.29 is 68.8 Å². The molecule has 0 saturated carbocycles. The summed E-state index contributed by atoms with van der Waals surface area (Å²) in [7, 11) is 0. The summed E-state index contributed by atoms with van der Waals surface area (Å²) in [6.45, 7) is 1.32. The average Bonchev–Trinajstić information content (AvgIpc) is 2.85. The van der Waals surface area contributed by atoms with Gasteiger partial charge in [0.1, 0.15) is 24.2 Å². The van der Waals surface area contributed by atoms with Crippen LogP contribution in [0, 0.1) is 5.92 Å². The number of aliphatic hydroxyl groups is 4. The third-order valence-electron chi connectivity index (χ3n) is 5.69. The number of aliphatic hydroxyl groups excluding tert-OH is 4. The Morgan fingerprint density at radius 2 is 1.74 bits per heavy atom. The highest BCUT2D eigenvalue weighted by Crippen LogP contribution is 2.26. The molecule has 38 heavy (non-hydrogen) atoms. The van der Waals surface area contributed by atoms with E-state index in [-0.39, 0.29) is 24.4 Å². The molecule has 0 amide bonds. The van der Waals surface area contributed by atoms with Crippen molar-refractivity contribution in [2.45, 2.75) is 63.2 Å². The van der Waals surface area contributed by atoms with E-state index >= 15 is 0 Å². The van der Waals surface area contributed by atoms with Gasteiger partial charge in [-0.25, -0.2) is 4.79 Å². The van der Waals surface area contributed by atoms with Crippen LogP contribution in [0.25, 0.3) is 0 Å². The molecule has 0 bridgehead atoms. The summed E-state index contributed by atoms with van der Waals surface area (Å²) in [5.41, 5.74) is 0.759. The zero-order valence-electron chi connectivity index (χ0n) is 20.3. The molecule has 210 valence electrons. The van der Waals surface area contributed by atoms with Crippen molar-refractivity contribution in [1.29, 1.82) is 0 Å². The van der Waals surface area contributed by atoms with E-state index in [1.54, 1.807) is 12.1 Å². The molecule has 14 heteroatoms. The standard InChI is InChI=1S/C24H30O14/c1-2-13(11-25)14(9-16(27)28)10-17(29)36-22(32)20-18(30)19(31)21(23(33)37-20)38-24(34)35-8-7-12-3-5-15(26)6-4-12/h2-6,11,14,18-23,26,30-33H,7-10H2,1H3,(H,27,28)/b13-2-/t14?,18-,19-,20-,21+,22?,23+/m0/s1. The fourth-order valence-electron chi connectivity index (χ4n) is 3.67. The number of aliphatic carboxylic acids is 1. The number of aromatic hydroxyl groups is 1. The highest BCUT2D eigenvalue weighted by Gasteiger charge is 2.50. The van der Waals surface area contributed by atoms with Gasteiger partial charge in [0, 0.05) is 12.3 Å². The Kier molecular flexibility index (Phi) is 11.6. The lowest BCUT2D eigenvalue weighted by molar-refractivity contribution is -0.319. The number of carboxylic acids is 1. The van der Waals surface area contributed by atoms with E-state index in [0.29, 0.717) is 6.29 Å². The van der Waals surface area contributed by atoms with Gasteiger partial charge in [-0.05, 0) is 30.2 Å². The molecule has 7 atom stereocenters. The normalized spacial score (nSPS) is 25.1. The number of ether oxygens (including phenoxy) is 4. The number of rotatable bonds is 12. The molecule has 0 aromatic heterocycles. The molecular formula is C24H30O14. The van der Waals surface area contributed by atoms with E-state index in [0.717, 1.165) is 5.56 Å². The molecule has 1 aromatic rings. The van der Waals surface area contributed by atoms with Gasteiger partial charge in [0.25, 0.3) is 0 Å². The number of hydrogen-bond acceptors (Lipinski definition) is 13. The van der Waals surface area contributed by atoms with Gasteiger partial charge < -0.3 is 49.6 Å². The monoisotopic (exact) mass is 542 g/mol. The van der Waals surface area contributed by atoms with E-state index in [4.69, 9.17) is 24.1 Å². The SMILES string of the molecule is C/C=C(/C=O)C(CC(=O)O)CC(=O)OC(O)[C@H]1O[C@@H](O)[C@H](OC(=O)OCCc2ccc(O)cc2)[C@@H](O)[C@@H]1O. The van der Waals surface area contributed by atoms with Gasteiger partial charge in [-0.15, -0.1) is 0 Å². The minimum absolute atomic E-state index is 0.0218. The van der Waals surface area contributed by atoms with E-state index in [1.807, 2.05) is 0 Å². The van der Waals surface area contributed by atoms with Crippen LogP contribution in [0.5, 0.6) is 5.75 Å². The summed E-state index contributed by atoms with van der Waals surface area (Å²) in [4.78, 5) is 46.4. The zero-order valence-corrected chi connectivity index (χ0v) is 20.3. The van der Waals surface area contributed by atoms with Crippen molar-refractivity contribution in [2.24, 2.45) is 5.92 Å². The van der Waals surface area contributed by atoms with Crippen LogP contribution in [0.1, 0.15) is 25.3 Å². The molecule has 1 aromatic carbocycles. The highest BCUT2D eigenvalue weighted by molar-refractivity contribution is 5.80. The summed E-state index contributed by atoms with van der Waals surface area (Å²) in [6.07, 6.45) is -12.5. The number of phenolic OH excluding ortho intramolecular Hbond substituents is 1. The lowest BCUT2D eigenvalue weighted by atomic mass is 9.93. The van der Waals surface area contributed by atoms with Gasteiger partial charge in [0.2, 0.25) is 6.29 Å². The maximum atomic E-state index is 12.2. The number of carbonyl (C=O) groups is 4. The highest BCUT2D eigenvalue weighted by atomic mass is 16.8. The zero-order chi connectivity index (χ0) is 28.4. The first-order valence-corrected chi connectivity index (χ1v) is 11.5. The fourth-order valence-corrected chi connectivity index (χ4v) is 3.67. The summed E-state index contributed by atoms with van der Waals surface area (Å²) in [5, 5.41) is 59.3. The molecule has 1 saturated heterocycles. The van der Waals surface area contributed by atoms with Gasteiger partial charge >= 0.3 is 18.1 Å². The molecule has 0 spiro atoms. The maximum absolute atomic E-state index is 12.2. The first kappa shape index (κ1) is 30.7. The second-order valence-corrected chi connectivity index (χ2v) is 8.36. The van der Waals surface area contributed by atoms with E-state index in [2.05, 4.69) is 0 Å². The van der Waals surface area contributed by atoms with Crippen molar-refractivity contribution in [3.05, 3.63) is 41.5 Å². The van der Waals surface area contributed by atoms with Gasteiger partial charge in [-0.2, -0.15) is 0 Å². The number of phenols is 1. The molecule has 0 radical (unpaired) electrons. The lowest BCUT2D eigenvalue weighted by Crippen LogP contribution is -2.62. The van der Waals surface area contributed by atoms with Crippen LogP contribution in [0.15, 0.2) is 35.9 Å². The minimum Gasteiger partial charge on any atom is -0.508 e. The maximum Gasteiger partial charge on any atom is 0.508 e. The average molecular weight is 542 g/mol. The van der Waals surface area contributed by atoms with Gasteiger partial charge in [-0.3, -0.25) is 14.4 Å². The summed E-state index contributed by atoms with van der Waals surface area (Å²) < 4.78 is 19.4. The molecule has 0 aliphatic carbocycles. The quantitative estimate of drug-likeness (QED) is 0.0838. The van der Waals surface area contributed by atoms with Crippen molar-refractivity contribution in [1.82, 2.24) is 0 Å². The van der Waals surface area contributed by atoms with Crippen LogP contribution in [-0.2, 0) is 39.8 Å². The predicted octanol–water partition coefficient (Wildman–Crippen LogP) is -0.617. The lowest BCUT2D eigenvalue weighted by Gasteiger charge is -2.40. The number of allylic oxidation sites excluding steroid dienone is 2. The van der Waals surface area contributed by atoms with Gasteiger partial charge in [-0.1, -0.05) is 18.2 Å². The van der Waals surface area contributed by atoms with E-state index < -0.39 is 73.8 Å². The molecular weight excluding hydrogens is 512 g/mol. The molecule has 1 aliphatic heterocycles. The third-order valence-corrected chi connectivity index (χ3v) is 5.69. The number of aldehydes is 1. The topological polar surface area (TPSA) is 227 Å². The van der Waals surface area contributed by atoms with Crippen LogP contribution < -0.4 is 0 Å². The number of hydrogen-bond donors (Lipinski definition) is 6. The molecule has 6 N–H and O–H groups in total. The Morgan fingerprint density at radius 1 is 1.08 bits per heavy atom. The molecule has 2 unspecified atom stereocenters. The largest absolute Gasteiger partial charge is 0.508 e. The van der Waals surface area contributed by atoms with E-state index in [1.165, 1.54) is 25.1 Å². The summed E-state index contributed by atoms with van der Waals surface area (Å²) in [6, 6.07) is 6.11. The number of carboxylic acid groups (broad SMARTS) is 1. The van der Waals surface area contributed by atoms with Gasteiger partial charge in [0.05, 0.1) is 19.4 Å². The molecule has 1 fully saturated rings. The Bertz CT molecular complexity index is 990. The Labute approximate surface area is 216 Å². The minimum atomic E-state index is -2.23. The second-order valence-electron chi connectivity index (χ2n) is 8.36. The third kappa shape index (κ3) is 8.78. The second kappa shape index (κ2) is 14.4. The van der Waals surface area contributed by atoms with Crippen molar-refractivity contribution >= 4 is 24.4 Å². The molecule has 14 nitrogen and oxygen atoms in total. The Morgan fingerprint density at radius 3 is 2.32 bits per heavy atom. The first-order valence-electron chi connectivity index (χ1n) is 11.5. The molecule has 1 aliphatic rings. The Balaban J connectivity index is 1.90.